The first-order valence-corrected chi connectivity index (χ1v) is 12.6. The van der Waals surface area contributed by atoms with Crippen LogP contribution in [0.3, 0.4) is 0 Å². The fourth-order valence-electron chi connectivity index (χ4n) is 3.48. The average Bonchev–Trinajstić information content (AvgIpc) is 3.17. The van der Waals surface area contributed by atoms with Crippen LogP contribution in [0.15, 0.2) is 58.4 Å². The van der Waals surface area contributed by atoms with E-state index in [0.29, 0.717) is 35.9 Å². The number of hydrogen-bond donors (Lipinski definition) is 2. The van der Waals surface area contributed by atoms with Crippen molar-refractivity contribution in [3.8, 4) is 11.5 Å². The summed E-state index contributed by atoms with van der Waals surface area (Å²) < 4.78 is 43.4. The highest BCUT2D eigenvalue weighted by atomic mass is 32.2. The quantitative estimate of drug-likeness (QED) is 0.442. The summed E-state index contributed by atoms with van der Waals surface area (Å²) in [5, 5.41) is 2.53. The second-order valence-electron chi connectivity index (χ2n) is 7.87. The molecule has 4 rings (SSSR count). The number of anilines is 1. The number of esters is 1. The minimum atomic E-state index is -3.84. The number of carbonyl (C=O) groups excluding carboxylic acids is 2. The summed E-state index contributed by atoms with van der Waals surface area (Å²) in [5.74, 6) is 0.347. The van der Waals surface area contributed by atoms with Crippen LogP contribution in [0.25, 0.3) is 6.08 Å². The van der Waals surface area contributed by atoms with Crippen LogP contribution >= 0.6 is 0 Å². The number of amides is 1. The molecule has 184 valence electrons. The van der Waals surface area contributed by atoms with E-state index < -0.39 is 28.5 Å². The molecule has 0 spiro atoms. The van der Waals surface area contributed by atoms with Crippen molar-refractivity contribution >= 4 is 39.5 Å². The molecular weight excluding hydrogens is 474 g/mol. The summed E-state index contributed by atoms with van der Waals surface area (Å²) in [6.07, 6.45) is 6.12. The molecule has 0 radical (unpaired) electrons. The highest BCUT2D eigenvalue weighted by Gasteiger charge is 2.18. The maximum Gasteiger partial charge on any atom is 0.331 e. The van der Waals surface area contributed by atoms with E-state index in [-0.39, 0.29) is 17.4 Å². The van der Waals surface area contributed by atoms with Crippen molar-refractivity contribution in [1.82, 2.24) is 4.72 Å². The first-order chi connectivity index (χ1) is 16.9. The number of fused-ring (bicyclic) bond motifs is 1. The Balaban J connectivity index is 1.29. The number of benzene rings is 2. The Labute approximate surface area is 203 Å². The first kappa shape index (κ1) is 24.3. The van der Waals surface area contributed by atoms with Gasteiger partial charge in [0.1, 0.15) is 5.84 Å². The molecule has 0 bridgehead atoms. The van der Waals surface area contributed by atoms with Crippen molar-refractivity contribution in [2.24, 2.45) is 4.99 Å². The molecule has 2 aliphatic heterocycles. The van der Waals surface area contributed by atoms with E-state index in [1.165, 1.54) is 30.4 Å². The van der Waals surface area contributed by atoms with Gasteiger partial charge in [-0.1, -0.05) is 18.6 Å². The average molecular weight is 500 g/mol. The summed E-state index contributed by atoms with van der Waals surface area (Å²) in [7, 11) is -3.84. The van der Waals surface area contributed by atoms with Gasteiger partial charge in [0.15, 0.2) is 18.1 Å². The van der Waals surface area contributed by atoms with Crippen LogP contribution < -0.4 is 19.5 Å². The van der Waals surface area contributed by atoms with E-state index in [9.17, 15) is 18.0 Å². The molecular formula is C24H25N3O7S. The zero-order valence-corrected chi connectivity index (χ0v) is 19.7. The van der Waals surface area contributed by atoms with Crippen LogP contribution in [0.4, 0.5) is 5.69 Å². The van der Waals surface area contributed by atoms with Crippen molar-refractivity contribution in [3.63, 3.8) is 0 Å². The molecule has 1 amide bonds. The van der Waals surface area contributed by atoms with Crippen molar-refractivity contribution in [1.29, 1.82) is 0 Å². The predicted octanol–water partition coefficient (Wildman–Crippen LogP) is 2.86. The first-order valence-electron chi connectivity index (χ1n) is 11.1. The van der Waals surface area contributed by atoms with Crippen LogP contribution in [0.1, 0.15) is 31.2 Å². The third kappa shape index (κ3) is 6.82. The van der Waals surface area contributed by atoms with E-state index in [2.05, 4.69) is 15.0 Å². The van der Waals surface area contributed by atoms with Crippen LogP contribution in [-0.2, 0) is 24.3 Å². The van der Waals surface area contributed by atoms with Crippen LogP contribution in [0.5, 0.6) is 11.5 Å². The van der Waals surface area contributed by atoms with Gasteiger partial charge in [-0.25, -0.2) is 13.2 Å². The Kier molecular flexibility index (Phi) is 7.66. The Morgan fingerprint density at radius 1 is 1.06 bits per heavy atom. The zero-order chi connectivity index (χ0) is 24.7. The molecule has 0 saturated heterocycles. The zero-order valence-electron chi connectivity index (χ0n) is 18.9. The molecule has 2 aliphatic rings. The number of sulfonamides is 1. The third-order valence-electron chi connectivity index (χ3n) is 5.21. The topological polar surface area (TPSA) is 132 Å². The lowest BCUT2D eigenvalue weighted by Gasteiger charge is -2.11. The number of carbonyl (C=O) groups is 2. The fraction of sp³-hybridized carbons (Fsp3) is 0.292. The van der Waals surface area contributed by atoms with Gasteiger partial charge in [0.2, 0.25) is 6.79 Å². The van der Waals surface area contributed by atoms with Gasteiger partial charge in [0.05, 0.1) is 4.90 Å². The predicted molar refractivity (Wildman–Crippen MR) is 129 cm³/mol. The highest BCUT2D eigenvalue weighted by molar-refractivity contribution is 7.90. The molecule has 0 saturated carbocycles. The normalized spacial score (nSPS) is 15.3. The summed E-state index contributed by atoms with van der Waals surface area (Å²) >= 11 is 0. The Morgan fingerprint density at radius 3 is 2.80 bits per heavy atom. The van der Waals surface area contributed by atoms with Gasteiger partial charge in [0.25, 0.3) is 15.9 Å². The summed E-state index contributed by atoms with van der Waals surface area (Å²) in [5.41, 5.74) is 0.963. The minimum absolute atomic E-state index is 0.00842. The molecule has 0 atom stereocenters. The van der Waals surface area contributed by atoms with E-state index in [0.717, 1.165) is 19.3 Å². The van der Waals surface area contributed by atoms with Crippen LogP contribution in [0, 0.1) is 0 Å². The van der Waals surface area contributed by atoms with Gasteiger partial charge >= 0.3 is 5.97 Å². The van der Waals surface area contributed by atoms with Gasteiger partial charge in [-0.05, 0) is 54.8 Å². The van der Waals surface area contributed by atoms with Gasteiger partial charge in [0, 0.05) is 24.7 Å². The summed E-state index contributed by atoms with van der Waals surface area (Å²) in [6.45, 7) is 0.217. The molecule has 0 aliphatic carbocycles. The molecule has 11 heteroatoms. The number of aliphatic imine (C=N–C) groups is 1. The van der Waals surface area contributed by atoms with Gasteiger partial charge in [-0.2, -0.15) is 0 Å². The second-order valence-corrected chi connectivity index (χ2v) is 9.56. The van der Waals surface area contributed by atoms with Crippen LogP contribution in [-0.4, -0.2) is 46.1 Å². The number of ether oxygens (including phenoxy) is 3. The molecule has 0 aromatic heterocycles. The van der Waals surface area contributed by atoms with E-state index in [1.807, 2.05) is 0 Å². The standard InChI is InChI=1S/C24H25N3O7S/c28-23(15-32-24(29)11-9-17-8-10-20-21(13-17)34-16-33-20)26-18-5-4-6-19(14-18)35(30,31)27-22-7-2-1-3-12-25-22/h4-6,8-11,13-14H,1-3,7,12,15-16H2,(H,25,27)(H,26,28)/b11-9+. The van der Waals surface area contributed by atoms with Crippen molar-refractivity contribution in [2.75, 3.05) is 25.3 Å². The van der Waals surface area contributed by atoms with Gasteiger partial charge in [-0.3, -0.25) is 14.5 Å². The van der Waals surface area contributed by atoms with Crippen molar-refractivity contribution < 1.29 is 32.2 Å². The number of rotatable bonds is 7. The maximum atomic E-state index is 12.7. The smallest absolute Gasteiger partial charge is 0.331 e. The number of nitrogens with zero attached hydrogens (tertiary/aromatic N) is 1. The molecule has 2 aromatic carbocycles. The fourth-order valence-corrected chi connectivity index (χ4v) is 4.61. The number of hydrogen-bond acceptors (Lipinski definition) is 8. The van der Waals surface area contributed by atoms with Gasteiger partial charge in [-0.15, -0.1) is 0 Å². The summed E-state index contributed by atoms with van der Waals surface area (Å²) in [4.78, 5) is 28.4. The minimum Gasteiger partial charge on any atom is -0.454 e. The lowest BCUT2D eigenvalue weighted by atomic mass is 10.2. The molecule has 0 unspecified atom stereocenters. The second kappa shape index (κ2) is 11.0. The SMILES string of the molecule is O=C(COC(=O)/C=C/c1ccc2c(c1)OCO2)Nc1cccc(S(=O)(=O)NC2=NCCCCC2)c1. The van der Waals surface area contributed by atoms with E-state index in [1.54, 1.807) is 24.3 Å². The largest absolute Gasteiger partial charge is 0.454 e. The Hall–Kier alpha value is -3.86. The molecule has 0 fully saturated rings. The van der Waals surface area contributed by atoms with Crippen LogP contribution in [0.2, 0.25) is 0 Å². The van der Waals surface area contributed by atoms with E-state index in [4.69, 9.17) is 14.2 Å². The lowest BCUT2D eigenvalue weighted by Crippen LogP contribution is -2.30. The molecule has 2 aromatic rings. The number of amidine groups is 1. The third-order valence-corrected chi connectivity index (χ3v) is 6.59. The van der Waals surface area contributed by atoms with Gasteiger partial charge < -0.3 is 19.5 Å². The highest BCUT2D eigenvalue weighted by Crippen LogP contribution is 2.32. The Bertz CT molecular complexity index is 1270. The van der Waals surface area contributed by atoms with Crippen molar-refractivity contribution in [3.05, 3.63) is 54.1 Å². The van der Waals surface area contributed by atoms with Crippen molar-refractivity contribution in [2.45, 2.75) is 30.6 Å². The molecule has 2 N–H and O–H groups in total. The number of nitrogens with one attached hydrogen (secondary N) is 2. The molecule has 2 heterocycles. The Morgan fingerprint density at radius 2 is 1.91 bits per heavy atom. The van der Waals surface area contributed by atoms with E-state index >= 15 is 0 Å². The summed E-state index contributed by atoms with van der Waals surface area (Å²) in [6, 6.07) is 11.0. The maximum absolute atomic E-state index is 12.7. The molecule has 10 nitrogen and oxygen atoms in total. The molecule has 35 heavy (non-hydrogen) atoms. The monoisotopic (exact) mass is 499 g/mol. The lowest BCUT2D eigenvalue weighted by molar-refractivity contribution is -0.142.